The lowest BCUT2D eigenvalue weighted by molar-refractivity contribution is 0.414. The van der Waals surface area contributed by atoms with E-state index < -0.39 is 0 Å². The lowest BCUT2D eigenvalue weighted by atomic mass is 10.1. The molecule has 6 heteroatoms. The number of ether oxygens (including phenoxy) is 1. The van der Waals surface area contributed by atoms with Crippen molar-refractivity contribution in [2.45, 2.75) is 12.8 Å². The zero-order chi connectivity index (χ0) is 14.5. The number of anilines is 1. The van der Waals surface area contributed by atoms with Gasteiger partial charge >= 0.3 is 0 Å². The minimum Gasteiger partial charge on any atom is -0.495 e. The van der Waals surface area contributed by atoms with Crippen LogP contribution >= 0.6 is 24.0 Å². The van der Waals surface area contributed by atoms with E-state index in [1.54, 1.807) is 7.11 Å². The van der Waals surface area contributed by atoms with Gasteiger partial charge in [-0.3, -0.25) is 4.99 Å². The smallest absolute Gasteiger partial charge is 0.191 e. The van der Waals surface area contributed by atoms with Crippen LogP contribution < -0.4 is 20.3 Å². The first-order valence-electron chi connectivity index (χ1n) is 7.77. The Labute approximate surface area is 149 Å². The van der Waals surface area contributed by atoms with E-state index in [0.29, 0.717) is 5.92 Å². The summed E-state index contributed by atoms with van der Waals surface area (Å²) in [5, 5.41) is 6.75. The SMILES string of the molecule is COc1ccccc1N1CCC(CNC2=NCCCN2)C1.I. The molecule has 3 rings (SSSR count). The molecule has 0 bridgehead atoms. The average Bonchev–Trinajstić information content (AvgIpc) is 3.02. The molecule has 1 aromatic rings. The molecule has 2 N–H and O–H groups in total. The molecule has 22 heavy (non-hydrogen) atoms. The molecular formula is C16H25IN4O. The average molecular weight is 416 g/mol. The lowest BCUT2D eigenvalue weighted by Gasteiger charge is -2.22. The monoisotopic (exact) mass is 416 g/mol. The van der Waals surface area contributed by atoms with Gasteiger partial charge in [0.25, 0.3) is 0 Å². The second-order valence-electron chi connectivity index (χ2n) is 5.66. The highest BCUT2D eigenvalue weighted by Crippen LogP contribution is 2.31. The number of nitrogens with zero attached hydrogens (tertiary/aromatic N) is 2. The molecule has 1 aromatic carbocycles. The number of nitrogens with one attached hydrogen (secondary N) is 2. The Bertz CT molecular complexity index is 509. The summed E-state index contributed by atoms with van der Waals surface area (Å²) in [4.78, 5) is 6.87. The number of hydrogen-bond acceptors (Lipinski definition) is 5. The number of halogens is 1. The van der Waals surface area contributed by atoms with Crippen LogP contribution in [0.1, 0.15) is 12.8 Å². The molecule has 0 amide bonds. The van der Waals surface area contributed by atoms with Gasteiger partial charge in [0, 0.05) is 32.7 Å². The highest BCUT2D eigenvalue weighted by atomic mass is 127. The molecule has 1 saturated heterocycles. The molecule has 1 atom stereocenters. The van der Waals surface area contributed by atoms with E-state index in [4.69, 9.17) is 4.74 Å². The van der Waals surface area contributed by atoms with Crippen LogP contribution in [0, 0.1) is 5.92 Å². The second-order valence-corrected chi connectivity index (χ2v) is 5.66. The van der Waals surface area contributed by atoms with Gasteiger partial charge in [-0.05, 0) is 30.9 Å². The first-order valence-corrected chi connectivity index (χ1v) is 7.77. The Kier molecular flexibility index (Phi) is 6.60. The minimum atomic E-state index is 0. The van der Waals surface area contributed by atoms with Gasteiger partial charge in [0.05, 0.1) is 12.8 Å². The molecule has 0 spiro atoms. The van der Waals surface area contributed by atoms with Gasteiger partial charge in [0.15, 0.2) is 5.96 Å². The van der Waals surface area contributed by atoms with Crippen LogP contribution in [0.5, 0.6) is 5.75 Å². The van der Waals surface area contributed by atoms with Crippen molar-refractivity contribution in [3.8, 4) is 5.75 Å². The number of guanidine groups is 1. The molecule has 5 nitrogen and oxygen atoms in total. The third kappa shape index (κ3) is 4.18. The highest BCUT2D eigenvalue weighted by molar-refractivity contribution is 14.0. The Morgan fingerprint density at radius 3 is 3.05 bits per heavy atom. The largest absolute Gasteiger partial charge is 0.495 e. The molecule has 0 saturated carbocycles. The maximum atomic E-state index is 5.46. The molecule has 1 unspecified atom stereocenters. The Morgan fingerprint density at radius 2 is 2.27 bits per heavy atom. The van der Waals surface area contributed by atoms with Crippen molar-refractivity contribution in [2.75, 3.05) is 44.7 Å². The predicted octanol–water partition coefficient (Wildman–Crippen LogP) is 2.08. The Balaban J connectivity index is 0.00000176. The van der Waals surface area contributed by atoms with E-state index >= 15 is 0 Å². The van der Waals surface area contributed by atoms with E-state index in [0.717, 1.165) is 50.9 Å². The summed E-state index contributed by atoms with van der Waals surface area (Å²) >= 11 is 0. The molecule has 2 aliphatic rings. The highest BCUT2D eigenvalue weighted by Gasteiger charge is 2.24. The maximum Gasteiger partial charge on any atom is 0.191 e. The van der Waals surface area contributed by atoms with E-state index in [1.807, 2.05) is 12.1 Å². The summed E-state index contributed by atoms with van der Waals surface area (Å²) < 4.78 is 5.46. The van der Waals surface area contributed by atoms with Crippen LogP contribution in [-0.2, 0) is 0 Å². The van der Waals surface area contributed by atoms with Crippen molar-refractivity contribution in [2.24, 2.45) is 10.9 Å². The quantitative estimate of drug-likeness (QED) is 0.739. The van der Waals surface area contributed by atoms with Gasteiger partial charge in [0.2, 0.25) is 0 Å². The van der Waals surface area contributed by atoms with Gasteiger partial charge in [-0.1, -0.05) is 12.1 Å². The molecule has 2 aliphatic heterocycles. The molecule has 1 fully saturated rings. The predicted molar refractivity (Wildman–Crippen MR) is 102 cm³/mol. The summed E-state index contributed by atoms with van der Waals surface area (Å²) in [6.07, 6.45) is 2.34. The van der Waals surface area contributed by atoms with Crippen LogP contribution in [-0.4, -0.2) is 45.8 Å². The molecule has 2 heterocycles. The van der Waals surface area contributed by atoms with Crippen molar-refractivity contribution in [3.05, 3.63) is 24.3 Å². The van der Waals surface area contributed by atoms with Crippen molar-refractivity contribution in [3.63, 3.8) is 0 Å². The third-order valence-corrected chi connectivity index (χ3v) is 4.17. The Hall–Kier alpha value is -1.18. The topological polar surface area (TPSA) is 48.9 Å². The first kappa shape index (κ1) is 17.2. The van der Waals surface area contributed by atoms with Crippen LogP contribution in [0.2, 0.25) is 0 Å². The van der Waals surface area contributed by atoms with Gasteiger partial charge in [-0.25, -0.2) is 0 Å². The van der Waals surface area contributed by atoms with Crippen molar-refractivity contribution in [1.82, 2.24) is 10.6 Å². The fraction of sp³-hybridized carbons (Fsp3) is 0.562. The van der Waals surface area contributed by atoms with Gasteiger partial charge < -0.3 is 20.3 Å². The minimum absolute atomic E-state index is 0. The lowest BCUT2D eigenvalue weighted by Crippen LogP contribution is -2.43. The van der Waals surface area contributed by atoms with Gasteiger partial charge in [-0.15, -0.1) is 24.0 Å². The summed E-state index contributed by atoms with van der Waals surface area (Å²) in [7, 11) is 1.74. The van der Waals surface area contributed by atoms with Crippen LogP contribution in [0.3, 0.4) is 0 Å². The zero-order valence-corrected chi connectivity index (χ0v) is 15.4. The summed E-state index contributed by atoms with van der Waals surface area (Å²) in [6, 6.07) is 8.26. The summed E-state index contributed by atoms with van der Waals surface area (Å²) in [5.41, 5.74) is 1.20. The third-order valence-electron chi connectivity index (χ3n) is 4.17. The van der Waals surface area contributed by atoms with Gasteiger partial charge in [-0.2, -0.15) is 0 Å². The van der Waals surface area contributed by atoms with E-state index in [1.165, 1.54) is 12.1 Å². The van der Waals surface area contributed by atoms with Gasteiger partial charge in [0.1, 0.15) is 5.75 Å². The normalized spacial score (nSPS) is 20.7. The van der Waals surface area contributed by atoms with Crippen molar-refractivity contribution < 1.29 is 4.74 Å². The van der Waals surface area contributed by atoms with Crippen molar-refractivity contribution in [1.29, 1.82) is 0 Å². The fourth-order valence-electron chi connectivity index (χ4n) is 3.00. The molecular weight excluding hydrogens is 391 g/mol. The second kappa shape index (κ2) is 8.45. The molecule has 0 aromatic heterocycles. The number of benzene rings is 1. The van der Waals surface area contributed by atoms with Crippen LogP contribution in [0.4, 0.5) is 5.69 Å². The number of methoxy groups -OCH3 is 1. The molecule has 122 valence electrons. The van der Waals surface area contributed by atoms with E-state index in [-0.39, 0.29) is 24.0 Å². The van der Waals surface area contributed by atoms with E-state index in [2.05, 4.69) is 32.7 Å². The summed E-state index contributed by atoms with van der Waals surface area (Å²) in [5.74, 6) is 2.59. The Morgan fingerprint density at radius 1 is 1.41 bits per heavy atom. The number of hydrogen-bond donors (Lipinski definition) is 2. The van der Waals surface area contributed by atoms with Crippen molar-refractivity contribution >= 4 is 35.6 Å². The van der Waals surface area contributed by atoms with E-state index in [9.17, 15) is 0 Å². The standard InChI is InChI=1S/C16H24N4O.HI/c1-21-15-6-3-2-5-14(15)20-10-7-13(12-20)11-19-16-17-8-4-9-18-16;/h2-3,5-6,13H,4,7-12H2,1H3,(H2,17,18,19);1H. The first-order chi connectivity index (χ1) is 10.4. The number of para-hydroxylation sites is 2. The molecule has 0 aliphatic carbocycles. The molecule has 0 radical (unpaired) electrons. The zero-order valence-electron chi connectivity index (χ0n) is 13.0. The number of aliphatic imine (C=N–C) groups is 1. The maximum absolute atomic E-state index is 5.46. The summed E-state index contributed by atoms with van der Waals surface area (Å²) in [6.45, 7) is 5.11. The van der Waals surface area contributed by atoms with Crippen LogP contribution in [0.15, 0.2) is 29.3 Å². The fourth-order valence-corrected chi connectivity index (χ4v) is 3.00. The number of rotatable bonds is 4. The van der Waals surface area contributed by atoms with Crippen LogP contribution in [0.25, 0.3) is 0 Å².